The van der Waals surface area contributed by atoms with E-state index < -0.39 is 11.4 Å². The average Bonchev–Trinajstić information content (AvgIpc) is 3.06. The number of rotatable bonds is 7. The minimum Gasteiger partial charge on any atom is -0.477 e. The number of nitrogens with one attached hydrogen (secondary N) is 1. The third-order valence-electron chi connectivity index (χ3n) is 3.98. The number of nitrogens with two attached hydrogens (primary N) is 1. The summed E-state index contributed by atoms with van der Waals surface area (Å²) in [4.78, 5) is 29.9. The smallest absolute Gasteiger partial charge is 0.348 e. The number of nitrogen functional groups attached to an aromatic ring is 1. The largest absolute Gasteiger partial charge is 0.477 e. The van der Waals surface area contributed by atoms with Gasteiger partial charge in [-0.15, -0.1) is 0 Å². The second kappa shape index (κ2) is 7.75. The molecule has 1 aromatic heterocycles. The van der Waals surface area contributed by atoms with Crippen molar-refractivity contribution >= 4 is 34.2 Å². The summed E-state index contributed by atoms with van der Waals surface area (Å²) in [6.45, 7) is 3.82. The van der Waals surface area contributed by atoms with E-state index in [1.165, 1.54) is 7.11 Å². The molecule has 0 aliphatic carbocycles. The summed E-state index contributed by atoms with van der Waals surface area (Å²) >= 11 is 1.04. The molecule has 0 saturated heterocycles. The number of nitrogens with zero attached hydrogens (tertiary/aromatic N) is 2. The standard InChI is InChI=1S/C18H22N4O4S/c1-18(2,16(25)26-4)9-22(3)17-21-12(13(27-17)15(23)24)10-5-7-11(8-6-10)14(19)20/h5-8H,9H2,1-4H3,(H3,19,20)(H,23,24). The van der Waals surface area contributed by atoms with Gasteiger partial charge in [0.2, 0.25) is 0 Å². The molecule has 144 valence electrons. The van der Waals surface area contributed by atoms with Crippen LogP contribution in [0.5, 0.6) is 0 Å². The van der Waals surface area contributed by atoms with Crippen LogP contribution >= 0.6 is 11.3 Å². The van der Waals surface area contributed by atoms with Gasteiger partial charge in [0.15, 0.2) is 5.13 Å². The zero-order valence-electron chi connectivity index (χ0n) is 15.6. The molecule has 0 radical (unpaired) electrons. The Morgan fingerprint density at radius 2 is 1.93 bits per heavy atom. The molecule has 0 aliphatic rings. The van der Waals surface area contributed by atoms with Crippen LogP contribution in [0.4, 0.5) is 5.13 Å². The summed E-state index contributed by atoms with van der Waals surface area (Å²) in [5.41, 5.74) is 6.16. The van der Waals surface area contributed by atoms with Gasteiger partial charge in [0.05, 0.1) is 18.2 Å². The van der Waals surface area contributed by atoms with Crippen LogP contribution in [0, 0.1) is 10.8 Å². The number of amidine groups is 1. The maximum atomic E-state index is 11.9. The maximum Gasteiger partial charge on any atom is 0.348 e. The first-order chi connectivity index (χ1) is 12.6. The van der Waals surface area contributed by atoms with E-state index in [1.807, 2.05) is 0 Å². The third-order valence-corrected chi connectivity index (χ3v) is 5.13. The Balaban J connectivity index is 2.38. The maximum absolute atomic E-state index is 11.9. The second-order valence-electron chi connectivity index (χ2n) is 6.70. The summed E-state index contributed by atoms with van der Waals surface area (Å²) < 4.78 is 4.81. The molecular formula is C18H22N4O4S. The molecule has 0 bridgehead atoms. The topological polar surface area (TPSA) is 130 Å². The first-order valence-corrected chi connectivity index (χ1v) is 8.87. The molecule has 0 unspecified atom stereocenters. The van der Waals surface area contributed by atoms with Crippen molar-refractivity contribution in [3.63, 3.8) is 0 Å². The zero-order chi connectivity index (χ0) is 20.4. The lowest BCUT2D eigenvalue weighted by molar-refractivity contribution is -0.150. The number of carbonyl (C=O) groups is 2. The monoisotopic (exact) mass is 390 g/mol. The fourth-order valence-corrected chi connectivity index (χ4v) is 3.51. The van der Waals surface area contributed by atoms with Crippen LogP contribution in [0.2, 0.25) is 0 Å². The van der Waals surface area contributed by atoms with Crippen molar-refractivity contribution in [2.45, 2.75) is 13.8 Å². The van der Waals surface area contributed by atoms with Crippen molar-refractivity contribution in [3.05, 3.63) is 34.7 Å². The molecular weight excluding hydrogens is 368 g/mol. The third kappa shape index (κ3) is 4.43. The minimum atomic E-state index is -1.08. The van der Waals surface area contributed by atoms with Gasteiger partial charge in [0.1, 0.15) is 10.7 Å². The van der Waals surface area contributed by atoms with Crippen molar-refractivity contribution in [3.8, 4) is 11.3 Å². The number of methoxy groups -OCH3 is 1. The summed E-state index contributed by atoms with van der Waals surface area (Å²) in [7, 11) is 3.08. The van der Waals surface area contributed by atoms with Gasteiger partial charge in [-0.2, -0.15) is 0 Å². The summed E-state index contributed by atoms with van der Waals surface area (Å²) in [5.74, 6) is -1.50. The number of carboxylic acids is 1. The van der Waals surface area contributed by atoms with Crippen LogP contribution in [0.1, 0.15) is 29.1 Å². The normalized spacial score (nSPS) is 11.1. The van der Waals surface area contributed by atoms with Gasteiger partial charge in [0, 0.05) is 24.7 Å². The van der Waals surface area contributed by atoms with Gasteiger partial charge in [-0.3, -0.25) is 10.2 Å². The molecule has 0 atom stereocenters. The van der Waals surface area contributed by atoms with Crippen molar-refractivity contribution in [2.75, 3.05) is 25.6 Å². The van der Waals surface area contributed by atoms with Crippen molar-refractivity contribution < 1.29 is 19.4 Å². The van der Waals surface area contributed by atoms with Gasteiger partial charge < -0.3 is 20.5 Å². The molecule has 0 aliphatic heterocycles. The minimum absolute atomic E-state index is 0.0660. The number of aromatic nitrogens is 1. The number of carbonyl (C=O) groups excluding carboxylic acids is 1. The van der Waals surface area contributed by atoms with Gasteiger partial charge in [-0.25, -0.2) is 9.78 Å². The lowest BCUT2D eigenvalue weighted by atomic mass is 9.93. The molecule has 0 fully saturated rings. The molecule has 2 rings (SSSR count). The fraction of sp³-hybridized carbons (Fsp3) is 0.333. The lowest BCUT2D eigenvalue weighted by Crippen LogP contribution is -2.38. The highest BCUT2D eigenvalue weighted by Crippen LogP contribution is 2.34. The first kappa shape index (κ1) is 20.4. The highest BCUT2D eigenvalue weighted by atomic mass is 32.1. The molecule has 1 aromatic carbocycles. The van der Waals surface area contributed by atoms with Crippen LogP contribution in [-0.2, 0) is 9.53 Å². The van der Waals surface area contributed by atoms with Gasteiger partial charge in [0.25, 0.3) is 0 Å². The Bertz CT molecular complexity index is 874. The number of ether oxygens (including phenoxy) is 1. The summed E-state index contributed by atoms with van der Waals surface area (Å²) in [5, 5.41) is 17.5. The zero-order valence-corrected chi connectivity index (χ0v) is 16.4. The predicted molar refractivity (Wildman–Crippen MR) is 105 cm³/mol. The molecule has 0 amide bonds. The van der Waals surface area contributed by atoms with Gasteiger partial charge in [-0.1, -0.05) is 35.6 Å². The van der Waals surface area contributed by atoms with Crippen LogP contribution in [0.3, 0.4) is 0 Å². The predicted octanol–water partition coefficient (Wildman–Crippen LogP) is 2.43. The van der Waals surface area contributed by atoms with E-state index in [1.54, 1.807) is 50.1 Å². The molecule has 27 heavy (non-hydrogen) atoms. The van der Waals surface area contributed by atoms with E-state index >= 15 is 0 Å². The first-order valence-electron chi connectivity index (χ1n) is 8.05. The van der Waals surface area contributed by atoms with E-state index in [9.17, 15) is 14.7 Å². The molecule has 9 heteroatoms. The fourth-order valence-electron chi connectivity index (χ4n) is 2.62. The SMILES string of the molecule is COC(=O)C(C)(C)CN(C)c1nc(-c2ccc(C(=N)N)cc2)c(C(=O)O)s1. The van der Waals surface area contributed by atoms with E-state index in [4.69, 9.17) is 15.9 Å². The Kier molecular flexibility index (Phi) is 5.85. The Labute approximate surface area is 161 Å². The summed E-state index contributed by atoms with van der Waals surface area (Å²) in [6, 6.07) is 6.65. The van der Waals surface area contributed by atoms with Crippen LogP contribution < -0.4 is 10.6 Å². The van der Waals surface area contributed by atoms with Crippen molar-refractivity contribution in [2.24, 2.45) is 11.1 Å². The number of thiazole rings is 1. The number of carboxylic acid groups (broad SMARTS) is 1. The number of anilines is 1. The van der Waals surface area contributed by atoms with Crippen LogP contribution in [0.15, 0.2) is 24.3 Å². The molecule has 4 N–H and O–H groups in total. The number of esters is 1. The van der Waals surface area contributed by atoms with Crippen LogP contribution in [0.25, 0.3) is 11.3 Å². The van der Waals surface area contributed by atoms with E-state index in [0.29, 0.717) is 28.5 Å². The highest BCUT2D eigenvalue weighted by Gasteiger charge is 2.32. The van der Waals surface area contributed by atoms with Crippen LogP contribution in [-0.4, -0.2) is 48.6 Å². The quantitative estimate of drug-likeness (QED) is 0.376. The lowest BCUT2D eigenvalue weighted by Gasteiger charge is -2.27. The summed E-state index contributed by atoms with van der Waals surface area (Å²) in [6.07, 6.45) is 0. The highest BCUT2D eigenvalue weighted by molar-refractivity contribution is 7.17. The Morgan fingerprint density at radius 3 is 2.41 bits per heavy atom. The molecule has 0 spiro atoms. The molecule has 8 nitrogen and oxygen atoms in total. The van der Waals surface area contributed by atoms with E-state index in [-0.39, 0.29) is 16.7 Å². The molecule has 2 aromatic rings. The Morgan fingerprint density at radius 1 is 1.33 bits per heavy atom. The average molecular weight is 390 g/mol. The van der Waals surface area contributed by atoms with E-state index in [0.717, 1.165) is 11.3 Å². The molecule has 1 heterocycles. The number of hydrogen-bond donors (Lipinski definition) is 3. The Hall–Kier alpha value is -2.94. The van der Waals surface area contributed by atoms with Gasteiger partial charge in [-0.05, 0) is 13.8 Å². The van der Waals surface area contributed by atoms with Crippen molar-refractivity contribution in [1.82, 2.24) is 4.98 Å². The van der Waals surface area contributed by atoms with E-state index in [2.05, 4.69) is 4.98 Å². The molecule has 0 saturated carbocycles. The second-order valence-corrected chi connectivity index (χ2v) is 7.68. The number of benzene rings is 1. The van der Waals surface area contributed by atoms with Gasteiger partial charge >= 0.3 is 11.9 Å². The number of aromatic carboxylic acids is 1. The van der Waals surface area contributed by atoms with Crippen molar-refractivity contribution in [1.29, 1.82) is 5.41 Å². The number of hydrogen-bond acceptors (Lipinski definition) is 7.